The summed E-state index contributed by atoms with van der Waals surface area (Å²) in [6, 6.07) is 9.72. The number of esters is 2. The molecule has 36 heavy (non-hydrogen) atoms. The molecule has 2 aliphatic rings. The van der Waals surface area contributed by atoms with Crippen molar-refractivity contribution in [1.29, 1.82) is 0 Å². The predicted molar refractivity (Wildman–Crippen MR) is 137 cm³/mol. The Kier molecular flexibility index (Phi) is 9.94. The number of carbonyl (C=O) groups is 3. The molecule has 1 atom stereocenters. The van der Waals surface area contributed by atoms with Gasteiger partial charge in [-0.05, 0) is 71.3 Å². The zero-order valence-corrected chi connectivity index (χ0v) is 22.3. The first kappa shape index (κ1) is 28.2. The summed E-state index contributed by atoms with van der Waals surface area (Å²) in [6.07, 6.45) is 6.82. The number of methoxy groups -OCH3 is 1. The average molecular weight is 502 g/mol. The highest BCUT2D eigenvalue weighted by molar-refractivity contribution is 5.84. The Morgan fingerprint density at radius 1 is 1.03 bits per heavy atom. The zero-order valence-electron chi connectivity index (χ0n) is 22.3. The van der Waals surface area contributed by atoms with Gasteiger partial charge in [0.25, 0.3) is 0 Å². The number of amides is 1. The molecule has 0 saturated heterocycles. The summed E-state index contributed by atoms with van der Waals surface area (Å²) in [5, 5.41) is 3.27. The topological polar surface area (TPSA) is 90.9 Å². The molecule has 3 rings (SSSR count). The third-order valence-electron chi connectivity index (χ3n) is 7.41. The van der Waals surface area contributed by atoms with Gasteiger partial charge in [-0.25, -0.2) is 0 Å². The molecule has 1 aromatic carbocycles. The van der Waals surface area contributed by atoms with Crippen molar-refractivity contribution in [3.05, 3.63) is 35.9 Å². The lowest BCUT2D eigenvalue weighted by atomic mass is 9.76. The lowest BCUT2D eigenvalue weighted by molar-refractivity contribution is -0.163. The van der Waals surface area contributed by atoms with Gasteiger partial charge in [-0.3, -0.25) is 14.4 Å². The van der Waals surface area contributed by atoms with Gasteiger partial charge >= 0.3 is 11.9 Å². The molecule has 1 unspecified atom stereocenters. The summed E-state index contributed by atoms with van der Waals surface area (Å²) in [6.45, 7) is 6.07. The van der Waals surface area contributed by atoms with Crippen molar-refractivity contribution < 1.29 is 28.6 Å². The number of rotatable bonds is 10. The highest BCUT2D eigenvalue weighted by Crippen LogP contribution is 2.44. The van der Waals surface area contributed by atoms with Crippen LogP contribution >= 0.6 is 0 Å². The first-order valence-corrected chi connectivity index (χ1v) is 13.4. The van der Waals surface area contributed by atoms with Crippen molar-refractivity contribution in [2.75, 3.05) is 13.7 Å². The molecule has 0 bridgehead atoms. The number of hydrogen-bond acceptors (Lipinski definition) is 6. The van der Waals surface area contributed by atoms with E-state index in [-0.39, 0.29) is 36.4 Å². The van der Waals surface area contributed by atoms with E-state index in [1.54, 1.807) is 7.11 Å². The maximum Gasteiger partial charge on any atom is 0.311 e. The van der Waals surface area contributed by atoms with Gasteiger partial charge in [0.2, 0.25) is 5.91 Å². The summed E-state index contributed by atoms with van der Waals surface area (Å²) in [7, 11) is 1.57. The van der Waals surface area contributed by atoms with Gasteiger partial charge in [0, 0.05) is 13.2 Å². The normalized spacial score (nSPS) is 22.4. The van der Waals surface area contributed by atoms with E-state index in [2.05, 4.69) is 5.32 Å². The molecular weight excluding hydrogens is 458 g/mol. The fraction of sp³-hybridized carbons (Fsp3) is 0.690. The third-order valence-corrected chi connectivity index (χ3v) is 7.41. The van der Waals surface area contributed by atoms with Crippen molar-refractivity contribution in [1.82, 2.24) is 5.32 Å². The average Bonchev–Trinajstić information content (AvgIpc) is 3.32. The smallest absolute Gasteiger partial charge is 0.311 e. The van der Waals surface area contributed by atoms with Crippen molar-refractivity contribution in [3.8, 4) is 0 Å². The Hall–Kier alpha value is -2.41. The highest BCUT2D eigenvalue weighted by Gasteiger charge is 2.45. The number of benzene rings is 1. The minimum absolute atomic E-state index is 0.0276. The Morgan fingerprint density at radius 2 is 1.67 bits per heavy atom. The molecule has 1 aromatic rings. The Balaban J connectivity index is 1.53. The van der Waals surface area contributed by atoms with Crippen LogP contribution in [0.1, 0.15) is 84.1 Å². The second kappa shape index (κ2) is 12.7. The highest BCUT2D eigenvalue weighted by atomic mass is 16.6. The molecule has 2 saturated carbocycles. The molecule has 0 aliphatic heterocycles. The first-order valence-electron chi connectivity index (χ1n) is 13.4. The zero-order chi connectivity index (χ0) is 26.2. The Labute approximate surface area is 215 Å². The third kappa shape index (κ3) is 8.05. The first-order chi connectivity index (χ1) is 17.1. The summed E-state index contributed by atoms with van der Waals surface area (Å²) in [5.74, 6) is -1.04. The Morgan fingerprint density at radius 3 is 2.25 bits per heavy atom. The van der Waals surface area contributed by atoms with Crippen LogP contribution in [0.5, 0.6) is 0 Å². The summed E-state index contributed by atoms with van der Waals surface area (Å²) >= 11 is 0. The van der Waals surface area contributed by atoms with Crippen LogP contribution < -0.4 is 5.32 Å². The van der Waals surface area contributed by atoms with Gasteiger partial charge in [0.15, 0.2) is 0 Å². The summed E-state index contributed by atoms with van der Waals surface area (Å²) in [4.78, 5) is 39.0. The molecule has 2 aliphatic carbocycles. The van der Waals surface area contributed by atoms with Gasteiger partial charge < -0.3 is 19.5 Å². The van der Waals surface area contributed by atoms with Gasteiger partial charge in [0.05, 0.1) is 23.9 Å². The van der Waals surface area contributed by atoms with Crippen LogP contribution in [0, 0.1) is 17.3 Å². The van der Waals surface area contributed by atoms with Gasteiger partial charge in [-0.2, -0.15) is 0 Å². The largest absolute Gasteiger partial charge is 0.461 e. The van der Waals surface area contributed by atoms with Crippen molar-refractivity contribution in [2.45, 2.75) is 96.8 Å². The van der Waals surface area contributed by atoms with Gasteiger partial charge in [-0.15, -0.1) is 0 Å². The second-order valence-corrected chi connectivity index (χ2v) is 11.5. The second-order valence-electron chi connectivity index (χ2n) is 11.5. The van der Waals surface area contributed by atoms with Crippen molar-refractivity contribution >= 4 is 17.8 Å². The molecule has 1 amide bonds. The molecule has 0 aromatic heterocycles. The summed E-state index contributed by atoms with van der Waals surface area (Å²) < 4.78 is 16.5. The van der Waals surface area contributed by atoms with E-state index in [0.717, 1.165) is 44.1 Å². The molecule has 0 spiro atoms. The number of ether oxygens (including phenoxy) is 3. The lowest BCUT2D eigenvalue weighted by Crippen LogP contribution is -2.48. The van der Waals surface area contributed by atoms with Crippen LogP contribution in [0.4, 0.5) is 0 Å². The van der Waals surface area contributed by atoms with Crippen LogP contribution in [0.15, 0.2) is 30.3 Å². The minimum atomic E-state index is -0.588. The fourth-order valence-electron chi connectivity index (χ4n) is 5.50. The van der Waals surface area contributed by atoms with Crippen molar-refractivity contribution in [2.24, 2.45) is 17.3 Å². The van der Waals surface area contributed by atoms with Crippen LogP contribution in [0.25, 0.3) is 0 Å². The number of nitrogens with one attached hydrogen (secondary N) is 1. The van der Waals surface area contributed by atoms with E-state index in [9.17, 15) is 14.4 Å². The van der Waals surface area contributed by atoms with E-state index in [1.165, 1.54) is 0 Å². The van der Waals surface area contributed by atoms with E-state index in [4.69, 9.17) is 14.2 Å². The van der Waals surface area contributed by atoms with E-state index in [0.29, 0.717) is 25.9 Å². The SMILES string of the molecule is COCC(CC1(C(=O)NC2CCC(C(=O)OCc3ccccc3)CC2)CCCC1)C(=O)OC(C)(C)C. The van der Waals surface area contributed by atoms with E-state index in [1.807, 2.05) is 51.1 Å². The molecule has 0 heterocycles. The standard InChI is InChI=1S/C29H43NO6/c1-28(2,3)36-26(32)23(20-34-4)18-29(16-8-9-17-29)27(33)30-24-14-12-22(13-15-24)25(31)35-19-21-10-6-5-7-11-21/h5-7,10-11,22-24H,8-9,12-20H2,1-4H3,(H,30,33). The lowest BCUT2D eigenvalue weighted by Gasteiger charge is -2.35. The molecule has 7 nitrogen and oxygen atoms in total. The molecule has 0 radical (unpaired) electrons. The van der Waals surface area contributed by atoms with Crippen LogP contribution in [0.3, 0.4) is 0 Å². The molecule has 7 heteroatoms. The molecular formula is C29H43NO6. The quantitative estimate of drug-likeness (QED) is 0.456. The maximum absolute atomic E-state index is 13.6. The van der Waals surface area contributed by atoms with E-state index >= 15 is 0 Å². The Bertz CT molecular complexity index is 864. The van der Waals surface area contributed by atoms with E-state index < -0.39 is 16.9 Å². The predicted octanol–water partition coefficient (Wildman–Crippen LogP) is 4.96. The number of hydrogen-bond donors (Lipinski definition) is 1. The number of carbonyl (C=O) groups excluding carboxylic acids is 3. The monoisotopic (exact) mass is 501 g/mol. The minimum Gasteiger partial charge on any atom is -0.461 e. The maximum atomic E-state index is 13.6. The molecule has 200 valence electrons. The molecule has 1 N–H and O–H groups in total. The van der Waals surface area contributed by atoms with Crippen LogP contribution in [-0.4, -0.2) is 43.2 Å². The summed E-state index contributed by atoms with van der Waals surface area (Å²) in [5.41, 5.74) is -0.188. The molecule has 2 fully saturated rings. The van der Waals surface area contributed by atoms with Crippen LogP contribution in [0.2, 0.25) is 0 Å². The van der Waals surface area contributed by atoms with Crippen LogP contribution in [-0.2, 0) is 35.2 Å². The van der Waals surface area contributed by atoms with Crippen molar-refractivity contribution in [3.63, 3.8) is 0 Å². The van der Waals surface area contributed by atoms with Gasteiger partial charge in [-0.1, -0.05) is 43.2 Å². The van der Waals surface area contributed by atoms with Gasteiger partial charge in [0.1, 0.15) is 12.2 Å². The fourth-order valence-corrected chi connectivity index (χ4v) is 5.50.